The van der Waals surface area contributed by atoms with Crippen LogP contribution in [0.3, 0.4) is 0 Å². The first kappa shape index (κ1) is 11.4. The predicted octanol–water partition coefficient (Wildman–Crippen LogP) is 0.845. The molecule has 0 saturated heterocycles. The van der Waals surface area contributed by atoms with Crippen LogP contribution in [0.1, 0.15) is 18.5 Å². The number of para-hydroxylation sites is 1. The van der Waals surface area contributed by atoms with Crippen LogP contribution >= 0.6 is 0 Å². The van der Waals surface area contributed by atoms with E-state index in [9.17, 15) is 5.11 Å². The van der Waals surface area contributed by atoms with Crippen LogP contribution < -0.4 is 10.5 Å². The molecule has 0 unspecified atom stereocenters. The van der Waals surface area contributed by atoms with Gasteiger partial charge in [-0.3, -0.25) is 0 Å². The molecule has 4 heteroatoms. The predicted molar refractivity (Wildman–Crippen MR) is 60.3 cm³/mol. The van der Waals surface area contributed by atoms with E-state index in [-0.39, 0.29) is 0 Å². The molecule has 1 aromatic rings. The van der Waals surface area contributed by atoms with Gasteiger partial charge in [0.25, 0.3) is 0 Å². The van der Waals surface area contributed by atoms with Gasteiger partial charge in [0, 0.05) is 12.7 Å². The second kappa shape index (κ2) is 4.05. The number of hydrogen-bond donors (Lipinski definition) is 2. The van der Waals surface area contributed by atoms with Gasteiger partial charge in [0.2, 0.25) is 0 Å². The third-order valence-electron chi connectivity index (χ3n) is 3.02. The number of fused-ring (bicyclic) bond motifs is 1. The van der Waals surface area contributed by atoms with Crippen molar-refractivity contribution in [2.45, 2.75) is 24.7 Å². The number of aliphatic hydroxyl groups excluding tert-OH is 1. The van der Waals surface area contributed by atoms with Crippen LogP contribution in [0.4, 0.5) is 0 Å². The van der Waals surface area contributed by atoms with Gasteiger partial charge in [-0.15, -0.1) is 0 Å². The lowest BCUT2D eigenvalue weighted by Crippen LogP contribution is -2.55. The summed E-state index contributed by atoms with van der Waals surface area (Å²) in [5, 5.41) is 10.1. The Bertz CT molecular complexity index is 382. The van der Waals surface area contributed by atoms with Gasteiger partial charge < -0.3 is 20.3 Å². The quantitative estimate of drug-likeness (QED) is 0.780. The SMILES string of the molecule is COC[C@@]1(C)Oc2ccccc2[C@@H](N)[C@@H]1O. The number of hydrogen-bond acceptors (Lipinski definition) is 4. The third-order valence-corrected chi connectivity index (χ3v) is 3.02. The molecule has 1 aromatic carbocycles. The fourth-order valence-corrected chi connectivity index (χ4v) is 2.11. The van der Waals surface area contributed by atoms with E-state index in [1.165, 1.54) is 0 Å². The molecule has 88 valence electrons. The maximum Gasteiger partial charge on any atom is 0.157 e. The standard InChI is InChI=1S/C12H17NO3/c1-12(7-15-2)11(14)10(13)8-5-3-4-6-9(8)16-12/h3-6,10-11,14H,7,13H2,1-2H3/t10-,11+,12-/m1/s1. The first-order valence-corrected chi connectivity index (χ1v) is 5.29. The summed E-state index contributed by atoms with van der Waals surface area (Å²) in [6.07, 6.45) is -0.776. The van der Waals surface area contributed by atoms with Crippen molar-refractivity contribution in [2.24, 2.45) is 5.73 Å². The Hall–Kier alpha value is -1.10. The van der Waals surface area contributed by atoms with Gasteiger partial charge in [0.05, 0.1) is 12.6 Å². The molecule has 0 amide bonds. The minimum atomic E-state index is -0.789. The molecule has 0 fully saturated rings. The summed E-state index contributed by atoms with van der Waals surface area (Å²) in [6.45, 7) is 2.10. The second-order valence-corrected chi connectivity index (χ2v) is 4.36. The van der Waals surface area contributed by atoms with Gasteiger partial charge in [-0.1, -0.05) is 18.2 Å². The Morgan fingerprint density at radius 3 is 2.88 bits per heavy atom. The second-order valence-electron chi connectivity index (χ2n) is 4.36. The van der Waals surface area contributed by atoms with Crippen molar-refractivity contribution in [2.75, 3.05) is 13.7 Å². The molecular weight excluding hydrogens is 206 g/mol. The molecule has 3 atom stereocenters. The topological polar surface area (TPSA) is 64.7 Å². The summed E-state index contributed by atoms with van der Waals surface area (Å²) >= 11 is 0. The number of ether oxygens (including phenoxy) is 2. The van der Waals surface area contributed by atoms with Gasteiger partial charge >= 0.3 is 0 Å². The molecule has 0 aliphatic carbocycles. The summed E-state index contributed by atoms with van der Waals surface area (Å²) in [5.74, 6) is 0.722. The molecule has 3 N–H and O–H groups in total. The van der Waals surface area contributed by atoms with Gasteiger partial charge in [0.1, 0.15) is 11.9 Å². The normalized spacial score (nSPS) is 33.0. The molecule has 16 heavy (non-hydrogen) atoms. The van der Waals surface area contributed by atoms with Crippen LogP contribution in [0.25, 0.3) is 0 Å². The van der Waals surface area contributed by atoms with Crippen LogP contribution in [0.5, 0.6) is 5.75 Å². The lowest BCUT2D eigenvalue weighted by molar-refractivity contribution is -0.104. The third kappa shape index (κ3) is 1.69. The fraction of sp³-hybridized carbons (Fsp3) is 0.500. The Morgan fingerprint density at radius 2 is 2.19 bits per heavy atom. The molecular formula is C12H17NO3. The van der Waals surface area contributed by atoms with E-state index in [2.05, 4.69) is 0 Å². The highest BCUT2D eigenvalue weighted by atomic mass is 16.6. The van der Waals surface area contributed by atoms with E-state index in [0.29, 0.717) is 6.61 Å². The van der Waals surface area contributed by atoms with E-state index < -0.39 is 17.7 Å². The Kier molecular flexibility index (Phi) is 2.88. The first-order valence-electron chi connectivity index (χ1n) is 5.29. The number of rotatable bonds is 2. The highest BCUT2D eigenvalue weighted by Crippen LogP contribution is 2.38. The molecule has 1 aliphatic rings. The number of methoxy groups -OCH3 is 1. The average molecular weight is 223 g/mol. The first-order chi connectivity index (χ1) is 7.58. The van der Waals surface area contributed by atoms with E-state index in [0.717, 1.165) is 11.3 Å². The summed E-state index contributed by atoms with van der Waals surface area (Å²) in [4.78, 5) is 0. The van der Waals surface area contributed by atoms with Crippen LogP contribution in [-0.4, -0.2) is 30.5 Å². The highest BCUT2D eigenvalue weighted by Gasteiger charge is 2.44. The van der Waals surface area contributed by atoms with E-state index >= 15 is 0 Å². The molecule has 4 nitrogen and oxygen atoms in total. The van der Waals surface area contributed by atoms with Gasteiger partial charge in [-0.25, -0.2) is 0 Å². The monoisotopic (exact) mass is 223 g/mol. The van der Waals surface area contributed by atoms with Crippen molar-refractivity contribution in [3.05, 3.63) is 29.8 Å². The smallest absolute Gasteiger partial charge is 0.157 e. The lowest BCUT2D eigenvalue weighted by Gasteiger charge is -2.42. The molecule has 0 radical (unpaired) electrons. The molecule has 0 saturated carbocycles. The molecule has 0 aromatic heterocycles. The Labute approximate surface area is 95.0 Å². The van der Waals surface area contributed by atoms with Crippen LogP contribution in [-0.2, 0) is 4.74 Å². The summed E-state index contributed by atoms with van der Waals surface area (Å²) in [7, 11) is 1.58. The van der Waals surface area contributed by atoms with Crippen molar-refractivity contribution in [1.29, 1.82) is 0 Å². The van der Waals surface area contributed by atoms with Crippen molar-refractivity contribution in [1.82, 2.24) is 0 Å². The van der Waals surface area contributed by atoms with E-state index in [1.807, 2.05) is 24.3 Å². The molecule has 0 bridgehead atoms. The zero-order valence-electron chi connectivity index (χ0n) is 9.51. The molecule has 0 spiro atoms. The van der Waals surface area contributed by atoms with Crippen LogP contribution in [0, 0.1) is 0 Å². The summed E-state index contributed by atoms with van der Waals surface area (Å²) in [6, 6.07) is 7.06. The Balaban J connectivity index is 2.39. The molecule has 2 rings (SSSR count). The lowest BCUT2D eigenvalue weighted by atomic mass is 9.86. The number of aliphatic hydroxyl groups is 1. The fourth-order valence-electron chi connectivity index (χ4n) is 2.11. The molecule has 1 heterocycles. The van der Waals surface area contributed by atoms with Gasteiger partial charge in [0.15, 0.2) is 5.60 Å². The largest absolute Gasteiger partial charge is 0.482 e. The van der Waals surface area contributed by atoms with Gasteiger partial charge in [-0.2, -0.15) is 0 Å². The van der Waals surface area contributed by atoms with Crippen molar-refractivity contribution in [3.8, 4) is 5.75 Å². The minimum absolute atomic E-state index is 0.302. The molecule has 1 aliphatic heterocycles. The minimum Gasteiger partial charge on any atom is -0.482 e. The Morgan fingerprint density at radius 1 is 1.50 bits per heavy atom. The maximum absolute atomic E-state index is 10.1. The van der Waals surface area contributed by atoms with Crippen molar-refractivity contribution in [3.63, 3.8) is 0 Å². The van der Waals surface area contributed by atoms with Gasteiger partial charge in [-0.05, 0) is 13.0 Å². The van der Waals surface area contributed by atoms with Crippen LogP contribution in [0.2, 0.25) is 0 Å². The van der Waals surface area contributed by atoms with Crippen LogP contribution in [0.15, 0.2) is 24.3 Å². The highest BCUT2D eigenvalue weighted by molar-refractivity contribution is 5.39. The van der Waals surface area contributed by atoms with E-state index in [1.54, 1.807) is 14.0 Å². The summed E-state index contributed by atoms with van der Waals surface area (Å²) in [5.41, 5.74) is 6.06. The summed E-state index contributed by atoms with van der Waals surface area (Å²) < 4.78 is 10.9. The van der Waals surface area contributed by atoms with Crippen molar-refractivity contribution >= 4 is 0 Å². The number of benzene rings is 1. The van der Waals surface area contributed by atoms with Crippen molar-refractivity contribution < 1.29 is 14.6 Å². The average Bonchev–Trinajstić information content (AvgIpc) is 2.27. The van der Waals surface area contributed by atoms with E-state index in [4.69, 9.17) is 15.2 Å². The maximum atomic E-state index is 10.1. The zero-order valence-corrected chi connectivity index (χ0v) is 9.51. The zero-order chi connectivity index (χ0) is 11.8. The number of nitrogens with two attached hydrogens (primary N) is 1.